The van der Waals surface area contributed by atoms with Crippen molar-refractivity contribution in [1.29, 1.82) is 0 Å². The highest BCUT2D eigenvalue weighted by Crippen LogP contribution is 2.30. The normalized spacial score (nSPS) is 12.2. The van der Waals surface area contributed by atoms with Crippen LogP contribution in [-0.4, -0.2) is 54.6 Å². The Hall–Kier alpha value is -4.36. The largest absolute Gasteiger partial charge is 0.417 e. The fourth-order valence-electron chi connectivity index (χ4n) is 3.79. The molecule has 0 fully saturated rings. The van der Waals surface area contributed by atoms with E-state index in [4.69, 9.17) is 5.73 Å². The molecule has 2 N–H and O–H groups in total. The van der Waals surface area contributed by atoms with Crippen LogP contribution in [0.5, 0.6) is 0 Å². The Morgan fingerprint density at radius 1 is 1.05 bits per heavy atom. The number of carbonyl (C=O) groups excluding carboxylic acids is 2. The van der Waals surface area contributed by atoms with Crippen molar-refractivity contribution in [2.24, 2.45) is 7.05 Å². The van der Waals surface area contributed by atoms with Gasteiger partial charge in [-0.2, -0.15) is 27.1 Å². The SMILES string of the molecule is CN(C(=O)C(C)(F)F)N(Cc1ccc(C(F)(F)F)cn1)C(=O)c1ccc2nc(N)c3cnn(C)c3c2c1. The fourth-order valence-corrected chi connectivity index (χ4v) is 3.79. The quantitative estimate of drug-likeness (QED) is 0.323. The maximum absolute atomic E-state index is 13.8. The molecule has 0 saturated carbocycles. The number of fused-ring (bicyclic) bond motifs is 3. The number of carbonyl (C=O) groups is 2. The average Bonchev–Trinajstić information content (AvgIpc) is 3.22. The summed E-state index contributed by atoms with van der Waals surface area (Å²) in [6.45, 7) is -0.190. The van der Waals surface area contributed by atoms with Crippen molar-refractivity contribution in [2.75, 3.05) is 12.8 Å². The summed E-state index contributed by atoms with van der Waals surface area (Å²) in [5, 5.41) is 6.27. The molecule has 4 rings (SSSR count). The molecule has 0 bridgehead atoms. The van der Waals surface area contributed by atoms with Gasteiger partial charge in [-0.15, -0.1) is 0 Å². The Morgan fingerprint density at radius 2 is 1.76 bits per heavy atom. The van der Waals surface area contributed by atoms with Crippen molar-refractivity contribution in [1.82, 2.24) is 29.8 Å². The Morgan fingerprint density at radius 3 is 2.35 bits per heavy atom. The number of aromatic nitrogens is 4. The van der Waals surface area contributed by atoms with Gasteiger partial charge in [-0.3, -0.25) is 19.3 Å². The van der Waals surface area contributed by atoms with E-state index < -0.39 is 36.0 Å². The van der Waals surface area contributed by atoms with E-state index in [1.54, 1.807) is 7.05 Å². The van der Waals surface area contributed by atoms with Crippen LogP contribution in [0.1, 0.15) is 28.5 Å². The maximum Gasteiger partial charge on any atom is 0.417 e. The summed E-state index contributed by atoms with van der Waals surface area (Å²) in [6.07, 6.45) is -2.58. The molecule has 194 valence electrons. The molecule has 37 heavy (non-hydrogen) atoms. The minimum atomic E-state index is -4.64. The van der Waals surface area contributed by atoms with Crippen molar-refractivity contribution < 1.29 is 31.5 Å². The van der Waals surface area contributed by atoms with Gasteiger partial charge in [-0.25, -0.2) is 15.0 Å². The fraction of sp³-hybridized carbons (Fsp3) is 0.261. The summed E-state index contributed by atoms with van der Waals surface area (Å²) in [4.78, 5) is 33.8. The summed E-state index contributed by atoms with van der Waals surface area (Å²) < 4.78 is 67.9. The summed E-state index contributed by atoms with van der Waals surface area (Å²) in [5.41, 5.74) is 5.89. The van der Waals surface area contributed by atoms with Crippen LogP contribution in [0, 0.1) is 0 Å². The van der Waals surface area contributed by atoms with Crippen LogP contribution in [0.25, 0.3) is 21.8 Å². The second kappa shape index (κ2) is 8.94. The van der Waals surface area contributed by atoms with Gasteiger partial charge in [0.05, 0.1) is 40.4 Å². The molecule has 9 nitrogen and oxygen atoms in total. The minimum absolute atomic E-state index is 0.00690. The van der Waals surface area contributed by atoms with Crippen LogP contribution >= 0.6 is 0 Å². The molecule has 3 aromatic heterocycles. The summed E-state index contributed by atoms with van der Waals surface area (Å²) >= 11 is 0. The molecule has 14 heteroatoms. The van der Waals surface area contributed by atoms with Crippen LogP contribution in [0.3, 0.4) is 0 Å². The van der Waals surface area contributed by atoms with E-state index >= 15 is 0 Å². The number of benzene rings is 1. The molecular formula is C23H20F5N7O2. The van der Waals surface area contributed by atoms with Gasteiger partial charge < -0.3 is 5.73 Å². The number of hydrazine groups is 1. The van der Waals surface area contributed by atoms with Crippen molar-refractivity contribution in [3.8, 4) is 0 Å². The number of amides is 2. The second-order valence-corrected chi connectivity index (χ2v) is 8.38. The second-order valence-electron chi connectivity index (χ2n) is 8.38. The Labute approximate surface area is 206 Å². The number of hydrogen-bond acceptors (Lipinski definition) is 6. The summed E-state index contributed by atoms with van der Waals surface area (Å²) in [7, 11) is 2.62. The monoisotopic (exact) mass is 521 g/mol. The van der Waals surface area contributed by atoms with Crippen molar-refractivity contribution in [3.05, 3.63) is 59.5 Å². The summed E-state index contributed by atoms with van der Waals surface area (Å²) in [6, 6.07) is 6.05. The smallest absolute Gasteiger partial charge is 0.383 e. The number of pyridine rings is 2. The van der Waals surface area contributed by atoms with E-state index in [1.807, 2.05) is 0 Å². The molecule has 2 amide bonds. The van der Waals surface area contributed by atoms with Crippen LogP contribution in [-0.2, 0) is 24.6 Å². The Balaban J connectivity index is 1.78. The topological polar surface area (TPSA) is 110 Å². The lowest BCUT2D eigenvalue weighted by Crippen LogP contribution is -2.51. The number of hydrogen-bond donors (Lipinski definition) is 1. The zero-order chi connectivity index (χ0) is 27.3. The first-order valence-electron chi connectivity index (χ1n) is 10.7. The van der Waals surface area contributed by atoms with Gasteiger partial charge in [-0.05, 0) is 30.3 Å². The van der Waals surface area contributed by atoms with E-state index in [9.17, 15) is 31.5 Å². The molecule has 0 atom stereocenters. The molecule has 0 saturated heterocycles. The molecule has 0 radical (unpaired) electrons. The van der Waals surface area contributed by atoms with Crippen molar-refractivity contribution in [3.63, 3.8) is 0 Å². The number of anilines is 1. The molecule has 4 aromatic rings. The standard InChI is InChI=1S/C23H20F5N7O2/c1-22(24,25)21(37)34(3)35(11-14-6-5-13(9-30-14)23(26,27)28)20(36)12-4-7-17-15(8-12)18-16(19(29)32-17)10-31-33(18)2/h4-10H,11H2,1-3H3,(H2,29,32). The van der Waals surface area contributed by atoms with Crippen LogP contribution in [0.2, 0.25) is 0 Å². The third kappa shape index (κ3) is 4.86. The third-order valence-electron chi connectivity index (χ3n) is 5.68. The third-order valence-corrected chi connectivity index (χ3v) is 5.68. The lowest BCUT2D eigenvalue weighted by molar-refractivity contribution is -0.166. The number of halogens is 5. The molecule has 0 unspecified atom stereocenters. The lowest BCUT2D eigenvalue weighted by atomic mass is 10.1. The van der Waals surface area contributed by atoms with E-state index in [2.05, 4.69) is 15.1 Å². The van der Waals surface area contributed by atoms with Crippen molar-refractivity contribution in [2.45, 2.75) is 25.6 Å². The van der Waals surface area contributed by atoms with Crippen LogP contribution < -0.4 is 5.73 Å². The van der Waals surface area contributed by atoms with Crippen molar-refractivity contribution >= 4 is 39.4 Å². The van der Waals surface area contributed by atoms with Crippen LogP contribution in [0.15, 0.2) is 42.7 Å². The van der Waals surface area contributed by atoms with E-state index in [0.717, 1.165) is 19.2 Å². The van der Waals surface area contributed by atoms with Gasteiger partial charge in [0.25, 0.3) is 5.91 Å². The minimum Gasteiger partial charge on any atom is -0.383 e. The zero-order valence-electron chi connectivity index (χ0n) is 19.7. The van der Waals surface area contributed by atoms with Crippen LogP contribution in [0.4, 0.5) is 27.8 Å². The van der Waals surface area contributed by atoms with E-state index in [0.29, 0.717) is 44.9 Å². The summed E-state index contributed by atoms with van der Waals surface area (Å²) in [5.74, 6) is -6.18. The highest BCUT2D eigenvalue weighted by molar-refractivity contribution is 6.10. The highest BCUT2D eigenvalue weighted by atomic mass is 19.4. The number of aryl methyl sites for hydroxylation is 1. The molecule has 1 aromatic carbocycles. The number of rotatable bonds is 4. The molecule has 0 aliphatic carbocycles. The number of nitrogen functional groups attached to an aromatic ring is 1. The molecular weight excluding hydrogens is 501 g/mol. The lowest BCUT2D eigenvalue weighted by Gasteiger charge is -2.33. The van der Waals surface area contributed by atoms with Gasteiger partial charge in [0.2, 0.25) is 0 Å². The predicted octanol–water partition coefficient (Wildman–Crippen LogP) is 3.79. The zero-order valence-corrected chi connectivity index (χ0v) is 19.7. The highest BCUT2D eigenvalue weighted by Gasteiger charge is 2.39. The molecule has 3 heterocycles. The first-order chi connectivity index (χ1) is 17.2. The van der Waals surface area contributed by atoms with Gasteiger partial charge in [0, 0.05) is 38.2 Å². The van der Waals surface area contributed by atoms with Gasteiger partial charge >= 0.3 is 18.0 Å². The van der Waals surface area contributed by atoms with Gasteiger partial charge in [0.1, 0.15) is 5.82 Å². The first kappa shape index (κ1) is 25.7. The number of nitrogens with two attached hydrogens (primary N) is 1. The molecule has 0 aliphatic heterocycles. The average molecular weight is 521 g/mol. The maximum atomic E-state index is 13.8. The number of nitrogens with zero attached hydrogens (tertiary/aromatic N) is 6. The first-order valence-corrected chi connectivity index (χ1v) is 10.7. The Bertz CT molecular complexity index is 1510. The number of alkyl halides is 5. The van der Waals surface area contributed by atoms with Gasteiger partial charge in [0.15, 0.2) is 0 Å². The molecule has 0 spiro atoms. The molecule has 0 aliphatic rings. The van der Waals surface area contributed by atoms with E-state index in [-0.39, 0.29) is 17.1 Å². The predicted molar refractivity (Wildman–Crippen MR) is 123 cm³/mol. The van der Waals surface area contributed by atoms with E-state index in [1.165, 1.54) is 29.1 Å². The Kier molecular flexibility index (Phi) is 6.22. The van der Waals surface area contributed by atoms with Gasteiger partial charge in [-0.1, -0.05) is 0 Å².